The van der Waals surface area contributed by atoms with Crippen LogP contribution in [0.25, 0.3) is 48.5 Å². The number of nitrogens with zero attached hydrogens (tertiary/aromatic N) is 1. The third-order valence-electron chi connectivity index (χ3n) is 6.43. The number of aliphatic hydroxyl groups excluding tert-OH is 1. The molecule has 4 nitrogen and oxygen atoms in total. The van der Waals surface area contributed by atoms with Gasteiger partial charge in [0.1, 0.15) is 6.10 Å². The van der Waals surface area contributed by atoms with Gasteiger partial charge in [-0.3, -0.25) is 4.79 Å². The Balaban J connectivity index is 1.25. The lowest BCUT2D eigenvalue weighted by molar-refractivity contribution is 0.102. The summed E-state index contributed by atoms with van der Waals surface area (Å²) in [6, 6.07) is 28.2. The summed E-state index contributed by atoms with van der Waals surface area (Å²) < 4.78 is 5.95. The first-order valence-corrected chi connectivity index (χ1v) is 11.8. The van der Waals surface area contributed by atoms with Crippen LogP contribution >= 0.6 is 11.3 Å². The number of thiophene rings is 1. The summed E-state index contributed by atoms with van der Waals surface area (Å²) in [7, 11) is 0. The van der Waals surface area contributed by atoms with E-state index in [0.717, 1.165) is 26.0 Å². The molecule has 34 heavy (non-hydrogen) atoms. The van der Waals surface area contributed by atoms with E-state index in [9.17, 15) is 9.90 Å². The van der Waals surface area contributed by atoms with E-state index in [1.54, 1.807) is 17.4 Å². The monoisotopic (exact) mass is 459 g/mol. The molecule has 1 unspecified atom stereocenters. The maximum atomic E-state index is 13.1. The number of hydrogen-bond donors (Lipinski definition) is 1. The summed E-state index contributed by atoms with van der Waals surface area (Å²) in [5, 5.41) is 15.2. The predicted octanol–water partition coefficient (Wildman–Crippen LogP) is 7.18. The van der Waals surface area contributed by atoms with Gasteiger partial charge in [-0.25, -0.2) is 0 Å². The van der Waals surface area contributed by atoms with Gasteiger partial charge in [-0.1, -0.05) is 60.7 Å². The molecule has 5 heteroatoms. The van der Waals surface area contributed by atoms with Gasteiger partial charge >= 0.3 is 0 Å². The zero-order valence-corrected chi connectivity index (χ0v) is 18.7. The van der Waals surface area contributed by atoms with Gasteiger partial charge < -0.3 is 9.52 Å². The number of aliphatic hydroxyl groups is 1. The number of carbonyl (C=O) groups is 1. The van der Waals surface area contributed by atoms with Crippen LogP contribution in [-0.4, -0.2) is 15.9 Å². The molecule has 2 heterocycles. The molecular weight excluding hydrogens is 442 g/mol. The Bertz CT molecular complexity index is 1780. The molecule has 1 atom stereocenters. The second-order valence-corrected chi connectivity index (χ2v) is 9.54. The molecule has 0 amide bonds. The minimum atomic E-state index is -0.995. The summed E-state index contributed by atoms with van der Waals surface area (Å²) >= 11 is 1.55. The second-order valence-electron chi connectivity index (χ2n) is 8.51. The van der Waals surface area contributed by atoms with E-state index in [2.05, 4.69) is 35.3 Å². The lowest BCUT2D eigenvalue weighted by Crippen LogP contribution is -1.99. The number of hydrogen-bond acceptors (Lipinski definition) is 5. The first-order valence-electron chi connectivity index (χ1n) is 11.0. The molecule has 4 aromatic carbocycles. The minimum Gasteiger partial charge on any atom is -0.436 e. The fourth-order valence-electron chi connectivity index (χ4n) is 4.70. The van der Waals surface area contributed by atoms with Crippen molar-refractivity contribution in [1.82, 2.24) is 4.98 Å². The maximum Gasteiger partial charge on any atom is 0.221 e. The van der Waals surface area contributed by atoms with Crippen molar-refractivity contribution in [2.24, 2.45) is 0 Å². The third-order valence-corrected chi connectivity index (χ3v) is 7.49. The summed E-state index contributed by atoms with van der Waals surface area (Å²) in [6.45, 7) is 0. The molecule has 6 aromatic rings. The quantitative estimate of drug-likeness (QED) is 0.279. The molecule has 0 fully saturated rings. The van der Waals surface area contributed by atoms with Crippen LogP contribution in [0.2, 0.25) is 0 Å². The zero-order chi connectivity index (χ0) is 22.8. The van der Waals surface area contributed by atoms with E-state index in [4.69, 9.17) is 4.42 Å². The highest BCUT2D eigenvalue weighted by Crippen LogP contribution is 2.40. The standard InChI is InChI=1S/C29H17NO3S/c31-27-21-12-18-7-3-4-8-19(18)13-22(21)28(32)23(27)14-26-30-29-24(33-26)15-25(34-29)20-10-9-16-5-1-2-6-17(16)11-20/h1-15,27,31H/b23-14-. The summed E-state index contributed by atoms with van der Waals surface area (Å²) in [5.74, 6) is 0.137. The van der Waals surface area contributed by atoms with Crippen molar-refractivity contribution in [2.45, 2.75) is 6.10 Å². The summed E-state index contributed by atoms with van der Waals surface area (Å²) in [6.07, 6.45) is 0.574. The topological polar surface area (TPSA) is 63.3 Å². The Hall–Kier alpha value is -4.06. The number of Topliss-reactive ketones (excluding diaryl/α,β-unsaturated/α-hetero) is 1. The normalized spacial score (nSPS) is 16.8. The number of aromatic nitrogens is 1. The van der Waals surface area contributed by atoms with Gasteiger partial charge in [0.2, 0.25) is 5.89 Å². The lowest BCUT2D eigenvalue weighted by atomic mass is 10.0. The van der Waals surface area contributed by atoms with Crippen LogP contribution in [-0.2, 0) is 0 Å². The van der Waals surface area contributed by atoms with Crippen molar-refractivity contribution in [2.75, 3.05) is 0 Å². The number of ketones is 1. The van der Waals surface area contributed by atoms with Crippen LogP contribution in [0.15, 0.2) is 94.9 Å². The van der Waals surface area contributed by atoms with Crippen LogP contribution in [0.3, 0.4) is 0 Å². The molecule has 0 radical (unpaired) electrons. The average molecular weight is 460 g/mol. The molecule has 0 saturated heterocycles. The maximum absolute atomic E-state index is 13.1. The average Bonchev–Trinajstić information content (AvgIpc) is 3.50. The van der Waals surface area contributed by atoms with E-state index < -0.39 is 6.10 Å². The highest BCUT2D eigenvalue weighted by Gasteiger charge is 2.34. The lowest BCUT2D eigenvalue weighted by Gasteiger charge is -2.05. The van der Waals surface area contributed by atoms with E-state index in [0.29, 0.717) is 22.6 Å². The Morgan fingerprint density at radius 2 is 1.56 bits per heavy atom. The van der Waals surface area contributed by atoms with Gasteiger partial charge in [-0.15, -0.1) is 11.3 Å². The van der Waals surface area contributed by atoms with Crippen molar-refractivity contribution in [3.63, 3.8) is 0 Å². The number of fused-ring (bicyclic) bond motifs is 4. The molecule has 0 aliphatic heterocycles. The van der Waals surface area contributed by atoms with E-state index >= 15 is 0 Å². The highest BCUT2D eigenvalue weighted by atomic mass is 32.1. The van der Waals surface area contributed by atoms with Gasteiger partial charge in [0, 0.05) is 28.2 Å². The zero-order valence-electron chi connectivity index (χ0n) is 17.9. The van der Waals surface area contributed by atoms with Crippen LogP contribution in [0, 0.1) is 0 Å². The fourth-order valence-corrected chi connectivity index (χ4v) is 5.66. The largest absolute Gasteiger partial charge is 0.436 e. The molecule has 2 aromatic heterocycles. The molecule has 0 bridgehead atoms. The van der Waals surface area contributed by atoms with Crippen LogP contribution in [0.5, 0.6) is 0 Å². The number of benzene rings is 4. The Labute approximate surface area is 198 Å². The van der Waals surface area contributed by atoms with Crippen molar-refractivity contribution >= 4 is 55.2 Å². The first kappa shape index (κ1) is 19.4. The molecule has 1 aliphatic rings. The van der Waals surface area contributed by atoms with Gasteiger partial charge in [0.05, 0.1) is 0 Å². The van der Waals surface area contributed by atoms with Crippen molar-refractivity contribution < 1.29 is 14.3 Å². The predicted molar refractivity (Wildman–Crippen MR) is 136 cm³/mol. The van der Waals surface area contributed by atoms with E-state index in [1.165, 1.54) is 10.8 Å². The smallest absolute Gasteiger partial charge is 0.221 e. The van der Waals surface area contributed by atoms with Crippen LogP contribution in [0.4, 0.5) is 0 Å². The molecule has 162 valence electrons. The number of rotatable bonds is 2. The summed E-state index contributed by atoms with van der Waals surface area (Å²) in [4.78, 5) is 19.5. The van der Waals surface area contributed by atoms with Crippen LogP contribution < -0.4 is 0 Å². The SMILES string of the molecule is O=C1/C(=C\c2nc3sc(-c4ccc5ccccc5c4)cc3o2)C(O)c2cc3ccccc3cc21. The van der Waals surface area contributed by atoms with Gasteiger partial charge in [0.15, 0.2) is 16.2 Å². The van der Waals surface area contributed by atoms with Gasteiger partial charge in [0.25, 0.3) is 0 Å². The Morgan fingerprint density at radius 3 is 2.32 bits per heavy atom. The second kappa shape index (κ2) is 7.22. The molecule has 0 saturated carbocycles. The molecule has 0 spiro atoms. The van der Waals surface area contributed by atoms with Gasteiger partial charge in [-0.05, 0) is 50.9 Å². The number of oxazole rings is 1. The Kier molecular flexibility index (Phi) is 4.12. The van der Waals surface area contributed by atoms with Crippen molar-refractivity contribution in [3.05, 3.63) is 108 Å². The van der Waals surface area contributed by atoms with E-state index in [-0.39, 0.29) is 11.4 Å². The molecule has 7 rings (SSSR count). The third kappa shape index (κ3) is 2.95. The van der Waals surface area contributed by atoms with E-state index in [1.807, 2.05) is 54.6 Å². The molecule has 1 N–H and O–H groups in total. The first-order chi connectivity index (χ1) is 16.6. The summed E-state index contributed by atoms with van der Waals surface area (Å²) in [5.41, 5.74) is 3.23. The van der Waals surface area contributed by atoms with Crippen molar-refractivity contribution in [3.8, 4) is 10.4 Å². The van der Waals surface area contributed by atoms with Gasteiger partial charge in [-0.2, -0.15) is 4.98 Å². The molecule has 1 aliphatic carbocycles. The highest BCUT2D eigenvalue weighted by molar-refractivity contribution is 7.21. The van der Waals surface area contributed by atoms with Crippen LogP contribution in [0.1, 0.15) is 27.9 Å². The molecular formula is C29H17NO3S. The Morgan fingerprint density at radius 1 is 0.853 bits per heavy atom. The minimum absolute atomic E-state index is 0.188. The fraction of sp³-hybridized carbons (Fsp3) is 0.0345. The number of carbonyl (C=O) groups excluding carboxylic acids is 1. The van der Waals surface area contributed by atoms with Crippen molar-refractivity contribution in [1.29, 1.82) is 0 Å².